The van der Waals surface area contributed by atoms with E-state index in [0.717, 1.165) is 109 Å². The first kappa shape index (κ1) is 75.3. The van der Waals surface area contributed by atoms with Gasteiger partial charge in [-0.2, -0.15) is 0 Å². The molecule has 0 aromatic carbocycles. The van der Waals surface area contributed by atoms with Gasteiger partial charge in [0.05, 0.1) is 0 Å². The summed E-state index contributed by atoms with van der Waals surface area (Å²) in [6, 6.07) is 0. The zero-order chi connectivity index (χ0) is 57.1. The molecule has 0 bridgehead atoms. The Morgan fingerprint density at radius 2 is 0.494 bits per heavy atom. The summed E-state index contributed by atoms with van der Waals surface area (Å²) in [5.41, 5.74) is 0. The maximum atomic E-state index is 12.9. The van der Waals surface area contributed by atoms with Crippen molar-refractivity contribution in [3.63, 3.8) is 0 Å². The van der Waals surface area contributed by atoms with E-state index in [-0.39, 0.29) is 31.1 Å². The normalized spacial score (nSPS) is 12.7. The van der Waals surface area contributed by atoms with Crippen molar-refractivity contribution < 1.29 is 28.6 Å². The molecule has 79 heavy (non-hydrogen) atoms. The highest BCUT2D eigenvalue weighted by Crippen LogP contribution is 2.16. The number of esters is 3. The monoisotopic (exact) mass is 1100 g/mol. The SMILES string of the molecule is CC/C=C\C/C=C\C/C=C\C/C=C\CCCCCCCCCCCCCCC(=O)OCC(COC(=O)CCCCCCC/C=C\CCCCCC)OC(=O)CCCCCCCCCC/C=C\C/C=C\C/C=C\CCCCCCC. The summed E-state index contributed by atoms with van der Waals surface area (Å²) in [7, 11) is 0. The third kappa shape index (κ3) is 65.0. The van der Waals surface area contributed by atoms with Crippen LogP contribution in [0, 0.1) is 0 Å². The summed E-state index contributed by atoms with van der Waals surface area (Å²) in [5.74, 6) is -0.889. The number of hydrogen-bond donors (Lipinski definition) is 0. The zero-order valence-corrected chi connectivity index (χ0v) is 52.1. The molecule has 1 unspecified atom stereocenters. The fourth-order valence-electron chi connectivity index (χ4n) is 9.50. The molecule has 0 spiro atoms. The minimum Gasteiger partial charge on any atom is -0.462 e. The van der Waals surface area contributed by atoms with Crippen LogP contribution in [0.15, 0.2) is 97.2 Å². The molecule has 0 amide bonds. The molecule has 0 aliphatic rings. The summed E-state index contributed by atoms with van der Waals surface area (Å²) >= 11 is 0. The number of carbonyl (C=O) groups excluding carboxylic acids is 3. The number of rotatable bonds is 61. The van der Waals surface area contributed by atoms with Gasteiger partial charge in [-0.1, -0.05) is 285 Å². The molecule has 454 valence electrons. The molecule has 1 atom stereocenters. The van der Waals surface area contributed by atoms with Crippen LogP contribution in [-0.4, -0.2) is 37.2 Å². The Morgan fingerprint density at radius 1 is 0.266 bits per heavy atom. The second kappa shape index (κ2) is 66.8. The third-order valence-corrected chi connectivity index (χ3v) is 14.5. The lowest BCUT2D eigenvalue weighted by Crippen LogP contribution is -2.30. The summed E-state index contributed by atoms with van der Waals surface area (Å²) in [5, 5.41) is 0. The average Bonchev–Trinajstić information content (AvgIpc) is 3.45. The summed E-state index contributed by atoms with van der Waals surface area (Å²) in [6.45, 7) is 6.52. The number of carbonyl (C=O) groups is 3. The van der Waals surface area contributed by atoms with Crippen molar-refractivity contribution >= 4 is 17.9 Å². The van der Waals surface area contributed by atoms with Gasteiger partial charge in [0, 0.05) is 19.3 Å². The first-order valence-electron chi connectivity index (χ1n) is 33.7. The van der Waals surface area contributed by atoms with Crippen LogP contribution in [0.4, 0.5) is 0 Å². The van der Waals surface area contributed by atoms with E-state index in [1.165, 1.54) is 180 Å². The molecule has 0 aromatic heterocycles. The lowest BCUT2D eigenvalue weighted by Gasteiger charge is -2.18. The third-order valence-electron chi connectivity index (χ3n) is 14.5. The van der Waals surface area contributed by atoms with Crippen LogP contribution in [0.25, 0.3) is 0 Å². The molecule has 0 fully saturated rings. The summed E-state index contributed by atoms with van der Waals surface area (Å²) in [4.78, 5) is 38.4. The molecule has 0 heterocycles. The van der Waals surface area contributed by atoms with Crippen molar-refractivity contribution in [3.8, 4) is 0 Å². The van der Waals surface area contributed by atoms with Gasteiger partial charge in [-0.25, -0.2) is 0 Å². The standard InChI is InChI=1S/C73H126O6/c1-4-7-10-13-16-19-22-25-27-29-31-33-35-36-38-39-41-43-45-48-51-54-57-60-63-66-72(75)78-69-70(68-77-71(74)65-62-59-56-53-50-47-24-21-18-15-12-9-6-3)79-73(76)67-64-61-58-55-52-49-46-44-42-40-37-34-32-30-28-26-23-20-17-14-11-8-5-2/h7,10,16,19,21,23-27,30-33,37,40,70H,4-6,8-9,11-15,17-18,20,22,28-29,34-36,38-39,41-69H2,1-3H3/b10-7-,19-16-,24-21-,26-23-,27-25-,32-30-,33-31-,40-37-. The van der Waals surface area contributed by atoms with E-state index in [2.05, 4.69) is 118 Å². The first-order valence-corrected chi connectivity index (χ1v) is 33.7. The van der Waals surface area contributed by atoms with Crippen LogP contribution >= 0.6 is 0 Å². The summed E-state index contributed by atoms with van der Waals surface area (Å²) < 4.78 is 16.9. The Hall–Kier alpha value is -3.67. The second-order valence-electron chi connectivity index (χ2n) is 22.3. The molecule has 0 saturated carbocycles. The van der Waals surface area contributed by atoms with E-state index in [0.29, 0.717) is 19.3 Å². The van der Waals surface area contributed by atoms with Crippen molar-refractivity contribution in [3.05, 3.63) is 97.2 Å². The van der Waals surface area contributed by atoms with Crippen LogP contribution in [0.3, 0.4) is 0 Å². The van der Waals surface area contributed by atoms with Crippen molar-refractivity contribution in [2.24, 2.45) is 0 Å². The second-order valence-corrected chi connectivity index (χ2v) is 22.3. The van der Waals surface area contributed by atoms with Crippen molar-refractivity contribution in [1.29, 1.82) is 0 Å². The fraction of sp³-hybridized carbons (Fsp3) is 0.740. The fourth-order valence-corrected chi connectivity index (χ4v) is 9.50. The number of unbranched alkanes of at least 4 members (excludes halogenated alkanes) is 34. The van der Waals surface area contributed by atoms with Gasteiger partial charge in [0.1, 0.15) is 13.2 Å². The van der Waals surface area contributed by atoms with Gasteiger partial charge in [0.2, 0.25) is 0 Å². The van der Waals surface area contributed by atoms with Gasteiger partial charge in [-0.15, -0.1) is 0 Å². The van der Waals surface area contributed by atoms with Crippen molar-refractivity contribution in [1.82, 2.24) is 0 Å². The van der Waals surface area contributed by atoms with E-state index in [9.17, 15) is 14.4 Å². The lowest BCUT2D eigenvalue weighted by atomic mass is 10.0. The Morgan fingerprint density at radius 3 is 0.797 bits per heavy atom. The predicted octanol–water partition coefficient (Wildman–Crippen LogP) is 23.2. The molecule has 0 rings (SSSR count). The van der Waals surface area contributed by atoms with Gasteiger partial charge in [-0.05, 0) is 122 Å². The van der Waals surface area contributed by atoms with E-state index >= 15 is 0 Å². The van der Waals surface area contributed by atoms with Crippen LogP contribution < -0.4 is 0 Å². The van der Waals surface area contributed by atoms with E-state index in [4.69, 9.17) is 14.2 Å². The van der Waals surface area contributed by atoms with E-state index < -0.39 is 6.10 Å². The van der Waals surface area contributed by atoms with E-state index in [1.54, 1.807) is 0 Å². The first-order chi connectivity index (χ1) is 39.0. The molecule has 6 nitrogen and oxygen atoms in total. The maximum Gasteiger partial charge on any atom is 0.306 e. The number of ether oxygens (including phenoxy) is 3. The number of allylic oxidation sites excluding steroid dienone is 16. The molecule has 0 aliphatic heterocycles. The predicted molar refractivity (Wildman–Crippen MR) is 344 cm³/mol. The van der Waals surface area contributed by atoms with Gasteiger partial charge in [0.25, 0.3) is 0 Å². The quantitative estimate of drug-likeness (QED) is 0.0261. The topological polar surface area (TPSA) is 78.9 Å². The summed E-state index contributed by atoms with van der Waals surface area (Å²) in [6.07, 6.45) is 89.9. The van der Waals surface area contributed by atoms with Gasteiger partial charge in [0.15, 0.2) is 6.10 Å². The Kier molecular flexibility index (Phi) is 63.7. The van der Waals surface area contributed by atoms with Gasteiger partial charge in [-0.3, -0.25) is 14.4 Å². The molecule has 0 aliphatic carbocycles. The van der Waals surface area contributed by atoms with Crippen LogP contribution in [0.1, 0.15) is 329 Å². The van der Waals surface area contributed by atoms with Gasteiger partial charge >= 0.3 is 17.9 Å². The lowest BCUT2D eigenvalue weighted by molar-refractivity contribution is -0.167. The van der Waals surface area contributed by atoms with E-state index in [1.807, 2.05) is 0 Å². The highest BCUT2D eigenvalue weighted by atomic mass is 16.6. The minimum atomic E-state index is -0.788. The molecule has 0 radical (unpaired) electrons. The Balaban J connectivity index is 4.32. The Bertz CT molecular complexity index is 1540. The molecule has 6 heteroatoms. The minimum absolute atomic E-state index is 0.0830. The average molecular weight is 1100 g/mol. The maximum absolute atomic E-state index is 12.9. The van der Waals surface area contributed by atoms with Crippen LogP contribution in [-0.2, 0) is 28.6 Å². The van der Waals surface area contributed by atoms with Gasteiger partial charge < -0.3 is 14.2 Å². The number of hydrogen-bond acceptors (Lipinski definition) is 6. The van der Waals surface area contributed by atoms with Crippen molar-refractivity contribution in [2.75, 3.05) is 13.2 Å². The highest BCUT2D eigenvalue weighted by Gasteiger charge is 2.19. The highest BCUT2D eigenvalue weighted by molar-refractivity contribution is 5.71. The molecular weight excluding hydrogens is 973 g/mol. The molecule has 0 saturated heterocycles. The Labute approximate surface area is 489 Å². The van der Waals surface area contributed by atoms with Crippen molar-refractivity contribution in [2.45, 2.75) is 335 Å². The largest absolute Gasteiger partial charge is 0.462 e. The van der Waals surface area contributed by atoms with Crippen LogP contribution in [0.5, 0.6) is 0 Å². The molecule has 0 N–H and O–H groups in total. The van der Waals surface area contributed by atoms with Crippen LogP contribution in [0.2, 0.25) is 0 Å². The zero-order valence-electron chi connectivity index (χ0n) is 52.1. The molecular formula is C73H126O6. The smallest absolute Gasteiger partial charge is 0.306 e. The molecule has 0 aromatic rings.